The highest BCUT2D eigenvalue weighted by Crippen LogP contribution is 2.21. The van der Waals surface area contributed by atoms with Crippen LogP contribution in [0.3, 0.4) is 0 Å². The molecule has 0 fully saturated rings. The van der Waals surface area contributed by atoms with Gasteiger partial charge in [0.25, 0.3) is 0 Å². The summed E-state index contributed by atoms with van der Waals surface area (Å²) in [7, 11) is 0. The molecule has 1 heterocycles. The average molecular weight is 339 g/mol. The smallest absolute Gasteiger partial charge is 0.323 e. The monoisotopic (exact) mass is 339 g/mol. The number of rotatable bonds is 7. The second kappa shape index (κ2) is 7.70. The van der Waals surface area contributed by atoms with Crippen LogP contribution in [0.5, 0.6) is 0 Å². The van der Waals surface area contributed by atoms with Gasteiger partial charge >= 0.3 is 5.97 Å². The van der Waals surface area contributed by atoms with Crippen LogP contribution in [0.15, 0.2) is 60.7 Å². The van der Waals surface area contributed by atoms with Gasteiger partial charge in [-0.25, -0.2) is 4.98 Å². The van der Waals surface area contributed by atoms with E-state index in [4.69, 9.17) is 0 Å². The Bertz CT molecular complexity index is 790. The maximum Gasteiger partial charge on any atom is 0.323 e. The van der Waals surface area contributed by atoms with Gasteiger partial charge in [-0.2, -0.15) is 4.37 Å². The number of anilines is 1. The molecule has 0 bridgehead atoms. The van der Waals surface area contributed by atoms with E-state index in [1.807, 2.05) is 60.7 Å². The van der Waals surface area contributed by atoms with E-state index in [1.165, 1.54) is 11.5 Å². The Hall–Kier alpha value is -2.73. The van der Waals surface area contributed by atoms with Crippen LogP contribution in [0, 0.1) is 0 Å². The number of benzene rings is 2. The van der Waals surface area contributed by atoms with Gasteiger partial charge in [-0.15, -0.1) is 0 Å². The molecule has 3 aromatic rings. The molecule has 0 aliphatic rings. The zero-order valence-electron chi connectivity index (χ0n) is 13.0. The highest BCUT2D eigenvalue weighted by atomic mass is 32.1. The Labute approximate surface area is 144 Å². The number of hydrogen-bond acceptors (Lipinski definition) is 5. The van der Waals surface area contributed by atoms with Gasteiger partial charge in [-0.05, 0) is 11.1 Å². The molecular weight excluding hydrogens is 322 g/mol. The van der Waals surface area contributed by atoms with Crippen molar-refractivity contribution in [2.24, 2.45) is 0 Å². The van der Waals surface area contributed by atoms with E-state index in [0.29, 0.717) is 23.9 Å². The summed E-state index contributed by atoms with van der Waals surface area (Å²) < 4.78 is 4.38. The molecule has 0 amide bonds. The minimum Gasteiger partial charge on any atom is -0.480 e. The van der Waals surface area contributed by atoms with Crippen molar-refractivity contribution in [3.05, 3.63) is 77.6 Å². The molecule has 1 aromatic heterocycles. The second-order valence-corrected chi connectivity index (χ2v) is 6.12. The number of carbonyl (C=O) groups is 1. The third kappa shape index (κ3) is 4.39. The summed E-state index contributed by atoms with van der Waals surface area (Å²) in [6.45, 7) is 0.391. The number of carboxylic acid groups (broad SMARTS) is 1. The van der Waals surface area contributed by atoms with Crippen molar-refractivity contribution >= 4 is 22.6 Å². The lowest BCUT2D eigenvalue weighted by atomic mass is 10.1. The van der Waals surface area contributed by atoms with Crippen molar-refractivity contribution in [1.29, 1.82) is 0 Å². The van der Waals surface area contributed by atoms with Crippen LogP contribution in [-0.4, -0.2) is 27.0 Å². The molecular formula is C18H17N3O2S. The fourth-order valence-electron chi connectivity index (χ4n) is 2.38. The fraction of sp³-hybridized carbons (Fsp3) is 0.167. The summed E-state index contributed by atoms with van der Waals surface area (Å²) >= 11 is 1.24. The summed E-state index contributed by atoms with van der Waals surface area (Å²) in [6, 6.07) is 19.8. The van der Waals surface area contributed by atoms with Crippen LogP contribution < -0.4 is 4.90 Å². The first-order chi connectivity index (χ1) is 11.7. The molecule has 0 spiro atoms. The van der Waals surface area contributed by atoms with E-state index in [2.05, 4.69) is 9.36 Å². The van der Waals surface area contributed by atoms with Crippen LogP contribution in [0.2, 0.25) is 0 Å². The second-order valence-electron chi connectivity index (χ2n) is 5.39. The largest absolute Gasteiger partial charge is 0.480 e. The van der Waals surface area contributed by atoms with Gasteiger partial charge in [-0.3, -0.25) is 4.79 Å². The molecule has 5 nitrogen and oxygen atoms in total. The SMILES string of the molecule is O=C(O)CN(Cc1ccccc1)c1nc(Cc2ccccc2)ns1. The molecule has 24 heavy (non-hydrogen) atoms. The molecule has 6 heteroatoms. The highest BCUT2D eigenvalue weighted by molar-refractivity contribution is 7.09. The fourth-order valence-corrected chi connectivity index (χ4v) is 3.06. The van der Waals surface area contributed by atoms with E-state index in [1.54, 1.807) is 4.90 Å². The molecule has 0 aliphatic heterocycles. The molecule has 122 valence electrons. The molecule has 2 aromatic carbocycles. The topological polar surface area (TPSA) is 66.3 Å². The maximum absolute atomic E-state index is 11.2. The lowest BCUT2D eigenvalue weighted by Gasteiger charge is -2.19. The van der Waals surface area contributed by atoms with E-state index in [-0.39, 0.29) is 6.54 Å². The van der Waals surface area contributed by atoms with Crippen molar-refractivity contribution < 1.29 is 9.90 Å². The molecule has 0 saturated heterocycles. The zero-order valence-corrected chi connectivity index (χ0v) is 13.8. The van der Waals surface area contributed by atoms with Crippen molar-refractivity contribution in [1.82, 2.24) is 9.36 Å². The molecule has 3 rings (SSSR count). The van der Waals surface area contributed by atoms with E-state index < -0.39 is 5.97 Å². The molecule has 0 atom stereocenters. The Morgan fingerprint density at radius 1 is 1.00 bits per heavy atom. The summed E-state index contributed by atoms with van der Waals surface area (Å²) in [6.07, 6.45) is 0.642. The van der Waals surface area contributed by atoms with Crippen molar-refractivity contribution in [2.45, 2.75) is 13.0 Å². The highest BCUT2D eigenvalue weighted by Gasteiger charge is 2.16. The van der Waals surface area contributed by atoms with Crippen LogP contribution >= 0.6 is 11.5 Å². The third-order valence-corrected chi connectivity index (χ3v) is 4.29. The first-order valence-corrected chi connectivity index (χ1v) is 8.35. The molecule has 1 N–H and O–H groups in total. The van der Waals surface area contributed by atoms with Crippen LogP contribution in [0.1, 0.15) is 17.0 Å². The maximum atomic E-state index is 11.2. The quantitative estimate of drug-likeness (QED) is 0.716. The number of nitrogens with zero attached hydrogens (tertiary/aromatic N) is 3. The number of aliphatic carboxylic acids is 1. The Kier molecular flexibility index (Phi) is 5.18. The molecule has 0 saturated carbocycles. The number of hydrogen-bond donors (Lipinski definition) is 1. The van der Waals surface area contributed by atoms with Gasteiger partial charge in [0, 0.05) is 24.5 Å². The summed E-state index contributed by atoms with van der Waals surface area (Å²) in [5, 5.41) is 9.81. The van der Waals surface area contributed by atoms with Gasteiger partial charge in [-0.1, -0.05) is 60.7 Å². The first kappa shape index (κ1) is 16.1. The number of aromatic nitrogens is 2. The summed E-state index contributed by atoms with van der Waals surface area (Å²) in [4.78, 5) is 17.5. The standard InChI is InChI=1S/C18H17N3O2S/c22-17(23)13-21(12-15-9-5-2-6-10-15)18-19-16(20-24-18)11-14-7-3-1-4-8-14/h1-10H,11-13H2,(H,22,23). The van der Waals surface area contributed by atoms with E-state index in [0.717, 1.165) is 11.1 Å². The van der Waals surface area contributed by atoms with E-state index in [9.17, 15) is 9.90 Å². The molecule has 0 radical (unpaired) electrons. The lowest BCUT2D eigenvalue weighted by Crippen LogP contribution is -2.29. The Morgan fingerprint density at radius 2 is 1.62 bits per heavy atom. The number of carboxylic acids is 1. The molecule has 0 unspecified atom stereocenters. The summed E-state index contributed by atoms with van der Waals surface area (Å²) in [5.74, 6) is -0.171. The third-order valence-electron chi connectivity index (χ3n) is 3.48. The van der Waals surface area contributed by atoms with Gasteiger partial charge in [0.05, 0.1) is 0 Å². The lowest BCUT2D eigenvalue weighted by molar-refractivity contribution is -0.135. The summed E-state index contributed by atoms with van der Waals surface area (Å²) in [5.41, 5.74) is 2.17. The molecule has 0 aliphatic carbocycles. The van der Waals surface area contributed by atoms with Crippen LogP contribution in [-0.2, 0) is 17.8 Å². The zero-order chi connectivity index (χ0) is 16.8. The normalized spacial score (nSPS) is 10.5. The Balaban J connectivity index is 1.76. The predicted molar refractivity (Wildman–Crippen MR) is 94.3 cm³/mol. The van der Waals surface area contributed by atoms with Crippen molar-refractivity contribution in [3.8, 4) is 0 Å². The average Bonchev–Trinajstić information content (AvgIpc) is 3.04. The van der Waals surface area contributed by atoms with Crippen molar-refractivity contribution in [3.63, 3.8) is 0 Å². The van der Waals surface area contributed by atoms with Crippen molar-refractivity contribution in [2.75, 3.05) is 11.4 Å². The van der Waals surface area contributed by atoms with Gasteiger partial charge in [0.1, 0.15) is 12.4 Å². The first-order valence-electron chi connectivity index (χ1n) is 7.58. The minimum atomic E-state index is -0.884. The van der Waals surface area contributed by atoms with Crippen LogP contribution in [0.25, 0.3) is 0 Å². The minimum absolute atomic E-state index is 0.102. The Morgan fingerprint density at radius 3 is 2.25 bits per heavy atom. The van der Waals surface area contributed by atoms with Gasteiger partial charge < -0.3 is 10.0 Å². The van der Waals surface area contributed by atoms with Crippen LogP contribution in [0.4, 0.5) is 5.13 Å². The van der Waals surface area contributed by atoms with Gasteiger partial charge in [0.2, 0.25) is 5.13 Å². The van der Waals surface area contributed by atoms with E-state index >= 15 is 0 Å². The van der Waals surface area contributed by atoms with Gasteiger partial charge in [0.15, 0.2) is 0 Å². The predicted octanol–water partition coefficient (Wildman–Crippen LogP) is 3.22.